The van der Waals surface area contributed by atoms with E-state index < -0.39 is 10.9 Å². The van der Waals surface area contributed by atoms with E-state index in [0.717, 1.165) is 12.8 Å². The first-order valence-electron chi connectivity index (χ1n) is 10.7. The number of halogens is 1. The van der Waals surface area contributed by atoms with Crippen molar-refractivity contribution in [3.63, 3.8) is 0 Å². The monoisotopic (exact) mass is 441 g/mol. The summed E-state index contributed by atoms with van der Waals surface area (Å²) in [5.41, 5.74) is 0.126. The molecule has 0 amide bonds. The van der Waals surface area contributed by atoms with Gasteiger partial charge in [0.25, 0.3) is 5.69 Å². The van der Waals surface area contributed by atoms with Crippen LogP contribution in [0.3, 0.4) is 0 Å². The van der Waals surface area contributed by atoms with E-state index >= 15 is 0 Å². The van der Waals surface area contributed by atoms with Crippen LogP contribution in [0.1, 0.15) is 83.1 Å². The Balaban J connectivity index is 2.09. The molecule has 0 heterocycles. The fourth-order valence-electron chi connectivity index (χ4n) is 2.93. The van der Waals surface area contributed by atoms with Crippen molar-refractivity contribution in [2.24, 2.45) is 0 Å². The van der Waals surface area contributed by atoms with Crippen molar-refractivity contribution < 1.29 is 24.0 Å². The highest BCUT2D eigenvalue weighted by Crippen LogP contribution is 2.23. The summed E-state index contributed by atoms with van der Waals surface area (Å²) in [6, 6.07) is 4.13. The maximum Gasteiger partial charge on any atom is 0.306 e. The van der Waals surface area contributed by atoms with E-state index in [1.54, 1.807) is 0 Å². The summed E-state index contributed by atoms with van der Waals surface area (Å²) in [5.74, 6) is -0.630. The summed E-state index contributed by atoms with van der Waals surface area (Å²) in [5, 5.41) is 11.3. The zero-order valence-corrected chi connectivity index (χ0v) is 18.5. The van der Waals surface area contributed by atoms with Crippen molar-refractivity contribution in [1.29, 1.82) is 0 Å². The number of rotatable bonds is 16. The minimum Gasteiger partial charge on any atom is -0.466 e. The Morgan fingerprint density at radius 2 is 1.53 bits per heavy atom. The number of hydrogen-bond donors (Lipinski definition) is 0. The Labute approximate surface area is 183 Å². The lowest BCUT2D eigenvalue weighted by atomic mass is 10.1. The summed E-state index contributed by atoms with van der Waals surface area (Å²) >= 11 is 5.85. The lowest BCUT2D eigenvalue weighted by Gasteiger charge is -2.07. The van der Waals surface area contributed by atoms with Gasteiger partial charge in [-0.05, 0) is 31.4 Å². The average Bonchev–Trinajstić information content (AvgIpc) is 2.71. The maximum absolute atomic E-state index is 11.8. The molecule has 0 atom stereocenters. The SMILES string of the molecule is CCCCCCCCOC(=O)CCCCCC(=O)OCc1cc(Cl)ccc1[N+](=O)[O-]. The summed E-state index contributed by atoms with van der Waals surface area (Å²) in [7, 11) is 0. The second-order valence-corrected chi connectivity index (χ2v) is 7.68. The number of carbonyl (C=O) groups is 2. The molecule has 0 N–H and O–H groups in total. The topological polar surface area (TPSA) is 95.7 Å². The maximum atomic E-state index is 11.8. The molecule has 0 saturated carbocycles. The largest absolute Gasteiger partial charge is 0.466 e. The quantitative estimate of drug-likeness (QED) is 0.132. The molecule has 8 heteroatoms. The third kappa shape index (κ3) is 11.8. The predicted octanol–water partition coefficient (Wildman–Crippen LogP) is 6.15. The van der Waals surface area contributed by atoms with Crippen LogP contribution in [0, 0.1) is 10.1 Å². The summed E-state index contributed by atoms with van der Waals surface area (Å²) in [4.78, 5) is 34.0. The summed E-state index contributed by atoms with van der Waals surface area (Å²) in [6.07, 6.45) is 9.39. The molecule has 0 aliphatic rings. The van der Waals surface area contributed by atoms with Gasteiger partial charge in [-0.15, -0.1) is 0 Å². The van der Waals surface area contributed by atoms with E-state index in [4.69, 9.17) is 21.1 Å². The first kappa shape index (κ1) is 25.9. The van der Waals surface area contributed by atoms with Crippen molar-refractivity contribution in [3.8, 4) is 0 Å². The van der Waals surface area contributed by atoms with Crippen LogP contribution >= 0.6 is 11.6 Å². The van der Waals surface area contributed by atoms with Gasteiger partial charge >= 0.3 is 11.9 Å². The number of nitro benzene ring substituents is 1. The fraction of sp³-hybridized carbons (Fsp3) is 0.636. The molecule has 0 unspecified atom stereocenters. The van der Waals surface area contributed by atoms with E-state index in [-0.39, 0.29) is 30.2 Å². The van der Waals surface area contributed by atoms with Gasteiger partial charge < -0.3 is 9.47 Å². The Morgan fingerprint density at radius 3 is 2.20 bits per heavy atom. The zero-order valence-electron chi connectivity index (χ0n) is 17.7. The first-order valence-corrected chi connectivity index (χ1v) is 11.1. The van der Waals surface area contributed by atoms with Crippen molar-refractivity contribution in [1.82, 2.24) is 0 Å². The molecule has 0 fully saturated rings. The van der Waals surface area contributed by atoms with Crippen LogP contribution in [-0.4, -0.2) is 23.5 Å². The van der Waals surface area contributed by atoms with Gasteiger partial charge in [-0.1, -0.05) is 57.0 Å². The van der Waals surface area contributed by atoms with Crippen LogP contribution in [0.15, 0.2) is 18.2 Å². The molecule has 1 aromatic carbocycles. The van der Waals surface area contributed by atoms with Gasteiger partial charge in [0.1, 0.15) is 6.61 Å². The highest BCUT2D eigenvalue weighted by molar-refractivity contribution is 6.30. The molecule has 7 nitrogen and oxygen atoms in total. The molecular weight excluding hydrogens is 410 g/mol. The Kier molecular flexibility index (Phi) is 13.5. The van der Waals surface area contributed by atoms with Crippen LogP contribution in [-0.2, 0) is 25.7 Å². The number of ether oxygens (including phenoxy) is 2. The number of nitro groups is 1. The van der Waals surface area contributed by atoms with E-state index in [0.29, 0.717) is 37.3 Å². The molecule has 168 valence electrons. The minimum absolute atomic E-state index is 0.133. The molecule has 1 aromatic rings. The fourth-order valence-corrected chi connectivity index (χ4v) is 3.13. The zero-order chi connectivity index (χ0) is 22.2. The standard InChI is InChI=1S/C22H32ClNO6/c1-2-3-4-5-6-10-15-29-21(25)11-8-7-9-12-22(26)30-17-18-16-19(23)13-14-20(18)24(27)28/h13-14,16H,2-12,15,17H2,1H3. The Bertz CT molecular complexity index is 680. The lowest BCUT2D eigenvalue weighted by molar-refractivity contribution is -0.385. The summed E-state index contributed by atoms with van der Waals surface area (Å²) < 4.78 is 10.3. The van der Waals surface area contributed by atoms with Crippen molar-refractivity contribution in [2.45, 2.75) is 84.2 Å². The number of esters is 2. The minimum atomic E-state index is -0.537. The number of hydrogen-bond acceptors (Lipinski definition) is 6. The molecule has 0 spiro atoms. The van der Waals surface area contributed by atoms with E-state index in [2.05, 4.69) is 6.92 Å². The smallest absolute Gasteiger partial charge is 0.306 e. The molecule has 30 heavy (non-hydrogen) atoms. The normalized spacial score (nSPS) is 10.6. The molecule has 0 aliphatic heterocycles. The van der Waals surface area contributed by atoms with E-state index in [1.165, 1.54) is 43.9 Å². The second kappa shape index (κ2) is 15.7. The van der Waals surface area contributed by atoms with Crippen molar-refractivity contribution in [3.05, 3.63) is 38.9 Å². The van der Waals surface area contributed by atoms with Gasteiger partial charge in [-0.3, -0.25) is 19.7 Å². The summed E-state index contributed by atoms with van der Waals surface area (Å²) in [6.45, 7) is 2.47. The van der Waals surface area contributed by atoms with Gasteiger partial charge in [0.15, 0.2) is 0 Å². The van der Waals surface area contributed by atoms with Crippen LogP contribution < -0.4 is 0 Å². The Hall–Kier alpha value is -2.15. The van der Waals surface area contributed by atoms with Crippen LogP contribution in [0.5, 0.6) is 0 Å². The van der Waals surface area contributed by atoms with E-state index in [1.807, 2.05) is 0 Å². The van der Waals surface area contributed by atoms with E-state index in [9.17, 15) is 19.7 Å². The van der Waals surface area contributed by atoms with Gasteiger partial charge in [0, 0.05) is 23.9 Å². The van der Waals surface area contributed by atoms with Gasteiger partial charge in [-0.25, -0.2) is 0 Å². The van der Waals surface area contributed by atoms with Crippen LogP contribution in [0.2, 0.25) is 5.02 Å². The molecule has 0 saturated heterocycles. The average molecular weight is 442 g/mol. The Morgan fingerprint density at radius 1 is 0.933 bits per heavy atom. The number of unbranched alkanes of at least 4 members (excludes halogenated alkanes) is 7. The van der Waals surface area contributed by atoms with Crippen LogP contribution in [0.25, 0.3) is 0 Å². The molecule has 0 aromatic heterocycles. The van der Waals surface area contributed by atoms with Gasteiger partial charge in [-0.2, -0.15) is 0 Å². The highest BCUT2D eigenvalue weighted by Gasteiger charge is 2.15. The molecule has 0 radical (unpaired) electrons. The highest BCUT2D eigenvalue weighted by atomic mass is 35.5. The van der Waals surface area contributed by atoms with Crippen molar-refractivity contribution in [2.75, 3.05) is 6.61 Å². The number of nitrogens with zero attached hydrogens (tertiary/aromatic N) is 1. The number of benzene rings is 1. The second-order valence-electron chi connectivity index (χ2n) is 7.24. The van der Waals surface area contributed by atoms with Gasteiger partial charge in [0.2, 0.25) is 0 Å². The molecular formula is C22H32ClNO6. The molecule has 1 rings (SSSR count). The number of carbonyl (C=O) groups excluding carboxylic acids is 2. The predicted molar refractivity (Wildman–Crippen MR) is 115 cm³/mol. The van der Waals surface area contributed by atoms with Gasteiger partial charge in [0.05, 0.1) is 17.1 Å². The third-order valence-corrected chi connectivity index (χ3v) is 4.88. The van der Waals surface area contributed by atoms with Crippen LogP contribution in [0.4, 0.5) is 5.69 Å². The van der Waals surface area contributed by atoms with Crippen molar-refractivity contribution >= 4 is 29.2 Å². The molecule has 0 aliphatic carbocycles. The lowest BCUT2D eigenvalue weighted by Crippen LogP contribution is -2.07. The molecule has 0 bridgehead atoms. The first-order chi connectivity index (χ1) is 14.4. The third-order valence-electron chi connectivity index (χ3n) is 4.65.